The van der Waals surface area contributed by atoms with Crippen LogP contribution in [0.2, 0.25) is 0 Å². The fourth-order valence-corrected chi connectivity index (χ4v) is 4.13. The molecule has 0 spiro atoms. The topological polar surface area (TPSA) is 21.3 Å². The van der Waals surface area contributed by atoms with Crippen molar-refractivity contribution >= 4 is 0 Å². The van der Waals surface area contributed by atoms with Gasteiger partial charge in [0.1, 0.15) is 0 Å². The van der Waals surface area contributed by atoms with Gasteiger partial charge in [-0.25, -0.2) is 0 Å². The van der Waals surface area contributed by atoms with Crippen molar-refractivity contribution in [3.63, 3.8) is 0 Å². The SMILES string of the molecule is CCNC(C1=CCCCCC1)C1CC2CCC1O2. The van der Waals surface area contributed by atoms with E-state index in [1.807, 2.05) is 0 Å². The molecule has 2 heterocycles. The number of likely N-dealkylation sites (N-methyl/N-ethyl adjacent to an activating group) is 1. The second-order valence-corrected chi connectivity index (χ2v) is 6.19. The van der Waals surface area contributed by atoms with Crippen LogP contribution in [0, 0.1) is 5.92 Å². The second-order valence-electron chi connectivity index (χ2n) is 6.19. The molecule has 0 saturated carbocycles. The van der Waals surface area contributed by atoms with E-state index in [0.29, 0.717) is 18.2 Å². The van der Waals surface area contributed by atoms with Crippen LogP contribution in [0.15, 0.2) is 11.6 Å². The molecule has 0 amide bonds. The van der Waals surface area contributed by atoms with Crippen molar-refractivity contribution in [2.24, 2.45) is 5.92 Å². The third-order valence-electron chi connectivity index (χ3n) is 4.98. The number of rotatable bonds is 4. The maximum atomic E-state index is 6.07. The minimum atomic E-state index is 0.545. The Morgan fingerprint density at radius 3 is 3.00 bits per heavy atom. The van der Waals surface area contributed by atoms with E-state index in [2.05, 4.69) is 18.3 Å². The lowest BCUT2D eigenvalue weighted by Gasteiger charge is -2.31. The van der Waals surface area contributed by atoms with Gasteiger partial charge in [-0.3, -0.25) is 0 Å². The third kappa shape index (κ3) is 2.50. The van der Waals surface area contributed by atoms with Gasteiger partial charge in [0, 0.05) is 12.0 Å². The highest BCUT2D eigenvalue weighted by atomic mass is 16.5. The van der Waals surface area contributed by atoms with E-state index in [0.717, 1.165) is 12.5 Å². The third-order valence-corrected chi connectivity index (χ3v) is 4.98. The van der Waals surface area contributed by atoms with E-state index in [1.54, 1.807) is 5.57 Å². The van der Waals surface area contributed by atoms with Gasteiger partial charge in [-0.1, -0.05) is 25.0 Å². The van der Waals surface area contributed by atoms with Gasteiger partial charge in [-0.15, -0.1) is 0 Å². The molecule has 2 bridgehead atoms. The predicted molar refractivity (Wildman–Crippen MR) is 74.6 cm³/mol. The number of hydrogen-bond acceptors (Lipinski definition) is 2. The quantitative estimate of drug-likeness (QED) is 0.771. The molecule has 2 aliphatic heterocycles. The maximum Gasteiger partial charge on any atom is 0.0627 e. The number of ether oxygens (including phenoxy) is 1. The Hall–Kier alpha value is -0.340. The predicted octanol–water partition coefficient (Wildman–Crippen LogP) is 3.42. The Balaban J connectivity index is 1.72. The first-order chi connectivity index (χ1) is 8.88. The van der Waals surface area contributed by atoms with Crippen LogP contribution in [0.5, 0.6) is 0 Å². The van der Waals surface area contributed by atoms with Crippen molar-refractivity contribution < 1.29 is 4.74 Å². The summed E-state index contributed by atoms with van der Waals surface area (Å²) in [5.41, 5.74) is 1.69. The smallest absolute Gasteiger partial charge is 0.0627 e. The zero-order chi connectivity index (χ0) is 12.4. The molecule has 0 radical (unpaired) electrons. The lowest BCUT2D eigenvalue weighted by Crippen LogP contribution is -2.42. The molecular weight excluding hydrogens is 222 g/mol. The molecule has 0 aromatic carbocycles. The summed E-state index contributed by atoms with van der Waals surface area (Å²) in [5.74, 6) is 0.744. The van der Waals surface area contributed by atoms with E-state index in [9.17, 15) is 0 Å². The highest BCUT2D eigenvalue weighted by Crippen LogP contribution is 2.42. The Labute approximate surface area is 111 Å². The lowest BCUT2D eigenvalue weighted by atomic mass is 9.79. The fourth-order valence-electron chi connectivity index (χ4n) is 4.13. The Kier molecular flexibility index (Phi) is 4.05. The molecule has 2 saturated heterocycles. The van der Waals surface area contributed by atoms with Crippen molar-refractivity contribution in [2.45, 2.75) is 76.5 Å². The van der Waals surface area contributed by atoms with Crippen LogP contribution in [0.1, 0.15) is 58.3 Å². The van der Waals surface area contributed by atoms with Gasteiger partial charge < -0.3 is 10.1 Å². The van der Waals surface area contributed by atoms with E-state index in [-0.39, 0.29) is 0 Å². The van der Waals surface area contributed by atoms with Gasteiger partial charge in [-0.05, 0) is 51.5 Å². The van der Waals surface area contributed by atoms with Crippen LogP contribution >= 0.6 is 0 Å². The molecule has 102 valence electrons. The van der Waals surface area contributed by atoms with Crippen LogP contribution in [0.25, 0.3) is 0 Å². The van der Waals surface area contributed by atoms with E-state index in [1.165, 1.54) is 51.4 Å². The molecule has 4 unspecified atom stereocenters. The molecule has 4 atom stereocenters. The average Bonchev–Trinajstić information content (AvgIpc) is 2.91. The molecule has 0 aromatic heterocycles. The van der Waals surface area contributed by atoms with E-state index >= 15 is 0 Å². The molecule has 1 aliphatic carbocycles. The summed E-state index contributed by atoms with van der Waals surface area (Å²) in [6, 6.07) is 0.600. The minimum absolute atomic E-state index is 0.545. The van der Waals surface area contributed by atoms with Crippen LogP contribution in [0.3, 0.4) is 0 Å². The standard InChI is InChI=1S/C16H27NO/c1-2-17-16(12-7-5-3-4-6-8-12)14-11-13-9-10-15(14)18-13/h7,13-17H,2-6,8-11H2,1H3. The molecule has 2 heteroatoms. The molecule has 3 aliphatic rings. The van der Waals surface area contributed by atoms with Crippen LogP contribution in [-0.2, 0) is 4.74 Å². The van der Waals surface area contributed by atoms with Crippen molar-refractivity contribution in [3.8, 4) is 0 Å². The molecule has 0 aromatic rings. The van der Waals surface area contributed by atoms with E-state index in [4.69, 9.17) is 4.74 Å². The molecule has 18 heavy (non-hydrogen) atoms. The summed E-state index contributed by atoms with van der Waals surface area (Å²) in [6.07, 6.45) is 14.3. The van der Waals surface area contributed by atoms with Crippen molar-refractivity contribution in [3.05, 3.63) is 11.6 Å². The first-order valence-electron chi connectivity index (χ1n) is 7.96. The monoisotopic (exact) mass is 249 g/mol. The van der Waals surface area contributed by atoms with Gasteiger partial charge in [0.15, 0.2) is 0 Å². The molecule has 1 N–H and O–H groups in total. The van der Waals surface area contributed by atoms with Crippen molar-refractivity contribution in [1.29, 1.82) is 0 Å². The lowest BCUT2D eigenvalue weighted by molar-refractivity contribution is 0.0880. The highest BCUT2D eigenvalue weighted by molar-refractivity contribution is 5.16. The first kappa shape index (κ1) is 12.7. The normalized spacial score (nSPS) is 37.4. The summed E-state index contributed by atoms with van der Waals surface area (Å²) in [7, 11) is 0. The zero-order valence-electron chi connectivity index (χ0n) is 11.7. The number of nitrogens with one attached hydrogen (secondary N) is 1. The number of hydrogen-bond donors (Lipinski definition) is 1. The summed E-state index contributed by atoms with van der Waals surface area (Å²) in [4.78, 5) is 0. The number of allylic oxidation sites excluding steroid dienone is 1. The Bertz CT molecular complexity index is 312. The van der Waals surface area contributed by atoms with Gasteiger partial charge in [0.25, 0.3) is 0 Å². The van der Waals surface area contributed by atoms with Crippen LogP contribution in [0.4, 0.5) is 0 Å². The minimum Gasteiger partial charge on any atom is -0.375 e. The summed E-state index contributed by atoms with van der Waals surface area (Å²) in [5, 5.41) is 3.76. The fraction of sp³-hybridized carbons (Fsp3) is 0.875. The van der Waals surface area contributed by atoms with Crippen molar-refractivity contribution in [1.82, 2.24) is 5.32 Å². The molecule has 2 fully saturated rings. The summed E-state index contributed by atoms with van der Waals surface area (Å²) < 4.78 is 6.07. The van der Waals surface area contributed by atoms with E-state index < -0.39 is 0 Å². The Morgan fingerprint density at radius 2 is 2.28 bits per heavy atom. The maximum absolute atomic E-state index is 6.07. The van der Waals surface area contributed by atoms with Gasteiger partial charge in [0.2, 0.25) is 0 Å². The van der Waals surface area contributed by atoms with Gasteiger partial charge in [0.05, 0.1) is 12.2 Å². The molecule has 3 rings (SSSR count). The van der Waals surface area contributed by atoms with Crippen LogP contribution in [-0.4, -0.2) is 24.8 Å². The Morgan fingerprint density at radius 1 is 1.33 bits per heavy atom. The summed E-state index contributed by atoms with van der Waals surface area (Å²) in [6.45, 7) is 3.31. The molecule has 2 nitrogen and oxygen atoms in total. The summed E-state index contributed by atoms with van der Waals surface area (Å²) >= 11 is 0. The van der Waals surface area contributed by atoms with Crippen LogP contribution < -0.4 is 5.32 Å². The molecular formula is C16H27NO. The average molecular weight is 249 g/mol. The van der Waals surface area contributed by atoms with Gasteiger partial charge in [-0.2, -0.15) is 0 Å². The first-order valence-corrected chi connectivity index (χ1v) is 7.96. The number of fused-ring (bicyclic) bond motifs is 2. The largest absolute Gasteiger partial charge is 0.375 e. The van der Waals surface area contributed by atoms with Gasteiger partial charge >= 0.3 is 0 Å². The second kappa shape index (κ2) is 5.75. The zero-order valence-corrected chi connectivity index (χ0v) is 11.7. The highest BCUT2D eigenvalue weighted by Gasteiger charge is 2.44. The van der Waals surface area contributed by atoms with Crippen molar-refractivity contribution in [2.75, 3.05) is 6.54 Å².